The van der Waals surface area contributed by atoms with Gasteiger partial charge in [0.25, 0.3) is 0 Å². The molecule has 0 saturated heterocycles. The van der Waals surface area contributed by atoms with E-state index in [0.717, 1.165) is 12.8 Å². The lowest BCUT2D eigenvalue weighted by Gasteiger charge is -2.32. The van der Waals surface area contributed by atoms with Crippen LogP contribution in [0, 0.1) is 17.3 Å². The Morgan fingerprint density at radius 2 is 1.89 bits per heavy atom. The zero-order valence-corrected chi connectivity index (χ0v) is 13.7. The summed E-state index contributed by atoms with van der Waals surface area (Å²) in [4.78, 5) is 12.1. The molecule has 3 unspecified atom stereocenters. The van der Waals surface area contributed by atoms with Crippen molar-refractivity contribution < 1.29 is 4.79 Å². The molecule has 1 saturated carbocycles. The molecule has 1 aliphatic carbocycles. The summed E-state index contributed by atoms with van der Waals surface area (Å²) in [5.74, 6) is 1.08. The lowest BCUT2D eigenvalue weighted by molar-refractivity contribution is -0.124. The van der Waals surface area contributed by atoms with Crippen LogP contribution in [0.4, 0.5) is 0 Å². The molecule has 1 fully saturated rings. The van der Waals surface area contributed by atoms with Gasteiger partial charge in [0.2, 0.25) is 5.91 Å². The number of hydrogen-bond acceptors (Lipinski definition) is 2. The van der Waals surface area contributed by atoms with E-state index in [1.807, 2.05) is 0 Å². The van der Waals surface area contributed by atoms with Crippen LogP contribution < -0.4 is 11.1 Å². The first-order valence-electron chi connectivity index (χ1n) is 7.34. The van der Waals surface area contributed by atoms with Crippen molar-refractivity contribution in [1.82, 2.24) is 5.32 Å². The van der Waals surface area contributed by atoms with Gasteiger partial charge in [0, 0.05) is 12.5 Å². The Morgan fingerprint density at radius 3 is 2.42 bits per heavy atom. The van der Waals surface area contributed by atoms with E-state index in [4.69, 9.17) is 5.73 Å². The largest absolute Gasteiger partial charge is 0.353 e. The monoisotopic (exact) mass is 290 g/mol. The maximum Gasteiger partial charge on any atom is 0.220 e. The number of nitrogens with two attached hydrogens (primary N) is 1. The average Bonchev–Trinajstić information content (AvgIpc) is 2.28. The Bertz CT molecular complexity index is 276. The molecule has 19 heavy (non-hydrogen) atoms. The van der Waals surface area contributed by atoms with Crippen LogP contribution in [0.3, 0.4) is 0 Å². The topological polar surface area (TPSA) is 55.1 Å². The summed E-state index contributed by atoms with van der Waals surface area (Å²) in [6.45, 7) is 9.41. The van der Waals surface area contributed by atoms with E-state index in [1.54, 1.807) is 0 Å². The minimum absolute atomic E-state index is 0. The van der Waals surface area contributed by atoms with Crippen molar-refractivity contribution in [2.75, 3.05) is 6.54 Å². The molecule has 1 rings (SSSR count). The highest BCUT2D eigenvalue weighted by Gasteiger charge is 2.27. The first-order valence-corrected chi connectivity index (χ1v) is 7.34. The van der Waals surface area contributed by atoms with Crippen LogP contribution in [0.25, 0.3) is 0 Å². The quantitative estimate of drug-likeness (QED) is 0.836. The lowest BCUT2D eigenvalue weighted by Crippen LogP contribution is -2.45. The van der Waals surface area contributed by atoms with Crippen molar-refractivity contribution in [1.29, 1.82) is 0 Å². The standard InChI is InChI=1S/C15H30N2O.ClH/c1-11(15(2,3)4)9-14(18)17-13-8-6-5-7-12(13)10-16;/h11-13H,5-10,16H2,1-4H3,(H,17,18);1H. The number of hydrogen-bond donors (Lipinski definition) is 2. The molecule has 0 aliphatic heterocycles. The number of amides is 1. The zero-order valence-electron chi connectivity index (χ0n) is 12.9. The second kappa shape index (κ2) is 8.11. The molecule has 0 radical (unpaired) electrons. The van der Waals surface area contributed by atoms with E-state index >= 15 is 0 Å². The lowest BCUT2D eigenvalue weighted by atomic mass is 9.79. The highest BCUT2D eigenvalue weighted by atomic mass is 35.5. The summed E-state index contributed by atoms with van der Waals surface area (Å²) < 4.78 is 0. The molecule has 114 valence electrons. The molecule has 0 spiro atoms. The van der Waals surface area contributed by atoms with Crippen molar-refractivity contribution in [3.05, 3.63) is 0 Å². The fourth-order valence-corrected chi connectivity index (χ4v) is 2.53. The van der Waals surface area contributed by atoms with Gasteiger partial charge in [-0.3, -0.25) is 4.79 Å². The van der Waals surface area contributed by atoms with Gasteiger partial charge in [-0.25, -0.2) is 0 Å². The van der Waals surface area contributed by atoms with Crippen LogP contribution in [0.5, 0.6) is 0 Å². The summed E-state index contributed by atoms with van der Waals surface area (Å²) in [5, 5.41) is 3.20. The normalized spacial score (nSPS) is 25.3. The molecule has 0 heterocycles. The van der Waals surface area contributed by atoms with Gasteiger partial charge in [-0.05, 0) is 36.6 Å². The number of carbonyl (C=O) groups excluding carboxylic acids is 1. The highest BCUT2D eigenvalue weighted by Crippen LogP contribution is 2.28. The summed E-state index contributed by atoms with van der Waals surface area (Å²) >= 11 is 0. The molecule has 1 amide bonds. The predicted molar refractivity (Wildman–Crippen MR) is 83.4 cm³/mol. The average molecular weight is 291 g/mol. The third kappa shape index (κ3) is 6.13. The van der Waals surface area contributed by atoms with Crippen LogP contribution >= 0.6 is 12.4 Å². The Balaban J connectivity index is 0.00000324. The van der Waals surface area contributed by atoms with Gasteiger partial charge in [0.15, 0.2) is 0 Å². The number of nitrogens with one attached hydrogen (secondary N) is 1. The Labute approximate surface area is 124 Å². The molecule has 0 aromatic heterocycles. The van der Waals surface area contributed by atoms with Crippen molar-refractivity contribution >= 4 is 18.3 Å². The minimum Gasteiger partial charge on any atom is -0.353 e. The van der Waals surface area contributed by atoms with Crippen LogP contribution in [-0.4, -0.2) is 18.5 Å². The van der Waals surface area contributed by atoms with E-state index < -0.39 is 0 Å². The molecule has 4 heteroatoms. The van der Waals surface area contributed by atoms with Gasteiger partial charge in [-0.15, -0.1) is 12.4 Å². The van der Waals surface area contributed by atoms with Crippen LogP contribution in [0.1, 0.15) is 59.8 Å². The molecule has 3 N–H and O–H groups in total. The summed E-state index contributed by atoms with van der Waals surface area (Å²) in [6, 6.07) is 0.309. The van der Waals surface area contributed by atoms with Crippen LogP contribution in [0.2, 0.25) is 0 Å². The van der Waals surface area contributed by atoms with Gasteiger partial charge in [0.1, 0.15) is 0 Å². The van der Waals surface area contributed by atoms with Crippen molar-refractivity contribution in [3.63, 3.8) is 0 Å². The first-order chi connectivity index (χ1) is 8.34. The van der Waals surface area contributed by atoms with Gasteiger partial charge >= 0.3 is 0 Å². The number of halogens is 1. The molecular weight excluding hydrogens is 260 g/mol. The SMILES string of the molecule is CC(CC(=O)NC1CCCCC1CN)C(C)(C)C.Cl. The second-order valence-corrected chi connectivity index (χ2v) is 6.93. The fraction of sp³-hybridized carbons (Fsp3) is 0.933. The molecule has 0 bridgehead atoms. The summed E-state index contributed by atoms with van der Waals surface area (Å²) in [7, 11) is 0. The van der Waals surface area contributed by atoms with E-state index in [-0.39, 0.29) is 23.7 Å². The van der Waals surface area contributed by atoms with Crippen molar-refractivity contribution in [2.45, 2.75) is 65.8 Å². The molecule has 0 aromatic carbocycles. The Kier molecular flexibility index (Phi) is 7.99. The third-order valence-corrected chi connectivity index (χ3v) is 4.53. The van der Waals surface area contributed by atoms with Gasteiger partial charge < -0.3 is 11.1 Å². The van der Waals surface area contributed by atoms with E-state index in [9.17, 15) is 4.79 Å². The molecule has 3 nitrogen and oxygen atoms in total. The van der Waals surface area contributed by atoms with Crippen molar-refractivity contribution in [3.8, 4) is 0 Å². The third-order valence-electron chi connectivity index (χ3n) is 4.53. The second-order valence-electron chi connectivity index (χ2n) is 6.93. The fourth-order valence-electron chi connectivity index (χ4n) is 2.53. The Morgan fingerprint density at radius 1 is 1.32 bits per heavy atom. The molecular formula is C15H31ClN2O. The van der Waals surface area contributed by atoms with Gasteiger partial charge in [0.05, 0.1) is 0 Å². The minimum atomic E-state index is 0. The molecule has 1 aliphatic rings. The number of rotatable bonds is 4. The molecule has 0 aromatic rings. The number of carbonyl (C=O) groups is 1. The molecule has 3 atom stereocenters. The van der Waals surface area contributed by atoms with E-state index in [0.29, 0.717) is 30.8 Å². The zero-order chi connectivity index (χ0) is 13.8. The van der Waals surface area contributed by atoms with Gasteiger partial charge in [-0.2, -0.15) is 0 Å². The smallest absolute Gasteiger partial charge is 0.220 e. The predicted octanol–water partition coefficient (Wildman–Crippen LogP) is 3.11. The van der Waals surface area contributed by atoms with Crippen LogP contribution in [-0.2, 0) is 4.79 Å². The van der Waals surface area contributed by atoms with Crippen LogP contribution in [0.15, 0.2) is 0 Å². The summed E-state index contributed by atoms with van der Waals surface area (Å²) in [6.07, 6.45) is 5.36. The summed E-state index contributed by atoms with van der Waals surface area (Å²) in [5.41, 5.74) is 5.98. The van der Waals surface area contributed by atoms with E-state index in [2.05, 4.69) is 33.0 Å². The van der Waals surface area contributed by atoms with Crippen molar-refractivity contribution in [2.24, 2.45) is 23.0 Å². The van der Waals surface area contributed by atoms with Gasteiger partial charge in [-0.1, -0.05) is 40.5 Å². The van der Waals surface area contributed by atoms with E-state index in [1.165, 1.54) is 12.8 Å². The highest BCUT2D eigenvalue weighted by molar-refractivity contribution is 5.85. The maximum absolute atomic E-state index is 12.1. The first kappa shape index (κ1) is 18.7. The maximum atomic E-state index is 12.1. The Hall–Kier alpha value is -0.280.